The lowest BCUT2D eigenvalue weighted by Crippen LogP contribution is -2.56. The molecule has 0 unspecified atom stereocenters. The predicted octanol–water partition coefficient (Wildman–Crippen LogP) is 4.87. The van der Waals surface area contributed by atoms with E-state index in [9.17, 15) is 4.79 Å². The van der Waals surface area contributed by atoms with Crippen LogP contribution >= 0.6 is 0 Å². The van der Waals surface area contributed by atoms with Crippen LogP contribution in [0.2, 0.25) is 0 Å². The standard InChI is InChI=1S/C24H24N2O3/c1-24(2)17-28-22(18-7-4-3-5-8-18)16-26(24)23(27)19-10-12-20(13-11-19)29-21-9-6-14-25-15-21/h3-15,22H,16-17H2,1-2H3/t22-/m1/s1. The van der Waals surface area contributed by atoms with Crippen LogP contribution in [-0.4, -0.2) is 34.5 Å². The van der Waals surface area contributed by atoms with Crippen molar-refractivity contribution in [3.63, 3.8) is 0 Å². The lowest BCUT2D eigenvalue weighted by atomic mass is 9.97. The maximum Gasteiger partial charge on any atom is 0.254 e. The second kappa shape index (κ2) is 8.05. The third kappa shape index (κ3) is 4.30. The minimum absolute atomic E-state index is 0.00726. The zero-order valence-corrected chi connectivity index (χ0v) is 16.6. The monoisotopic (exact) mass is 388 g/mol. The van der Waals surface area contributed by atoms with Gasteiger partial charge in [0.15, 0.2) is 0 Å². The molecule has 148 valence electrons. The van der Waals surface area contributed by atoms with Crippen molar-refractivity contribution in [1.29, 1.82) is 0 Å². The molecule has 3 aromatic rings. The molecule has 0 spiro atoms. The Balaban J connectivity index is 1.50. The number of hydrogen-bond donors (Lipinski definition) is 0. The normalized spacial score (nSPS) is 18.3. The van der Waals surface area contributed by atoms with Crippen LogP contribution in [0.3, 0.4) is 0 Å². The molecule has 5 nitrogen and oxygen atoms in total. The highest BCUT2D eigenvalue weighted by molar-refractivity contribution is 5.95. The summed E-state index contributed by atoms with van der Waals surface area (Å²) in [6.45, 7) is 5.07. The van der Waals surface area contributed by atoms with Gasteiger partial charge in [-0.15, -0.1) is 0 Å². The molecule has 0 bridgehead atoms. The molecule has 5 heteroatoms. The first-order chi connectivity index (χ1) is 14.0. The number of pyridine rings is 1. The Morgan fingerprint density at radius 3 is 2.48 bits per heavy atom. The summed E-state index contributed by atoms with van der Waals surface area (Å²) >= 11 is 0. The second-order valence-corrected chi connectivity index (χ2v) is 7.75. The summed E-state index contributed by atoms with van der Waals surface area (Å²) < 4.78 is 11.8. The molecular formula is C24H24N2O3. The number of nitrogens with zero attached hydrogens (tertiary/aromatic N) is 2. The Labute approximate surface area is 170 Å². The van der Waals surface area contributed by atoms with Crippen LogP contribution in [0.5, 0.6) is 11.5 Å². The molecule has 1 amide bonds. The summed E-state index contributed by atoms with van der Waals surface area (Å²) in [6.07, 6.45) is 3.22. The van der Waals surface area contributed by atoms with E-state index in [1.54, 1.807) is 24.5 Å². The summed E-state index contributed by atoms with van der Waals surface area (Å²) in [5.74, 6) is 1.32. The molecule has 1 saturated heterocycles. The van der Waals surface area contributed by atoms with Crippen LogP contribution in [0.15, 0.2) is 79.1 Å². The Kier molecular flexibility index (Phi) is 5.32. The van der Waals surface area contributed by atoms with Crippen molar-refractivity contribution in [3.05, 3.63) is 90.3 Å². The minimum Gasteiger partial charge on any atom is -0.456 e. The van der Waals surface area contributed by atoms with Crippen molar-refractivity contribution >= 4 is 5.91 Å². The average Bonchev–Trinajstić information content (AvgIpc) is 2.75. The van der Waals surface area contributed by atoms with Gasteiger partial charge in [-0.05, 0) is 55.8 Å². The summed E-state index contributed by atoms with van der Waals surface area (Å²) in [4.78, 5) is 19.2. The van der Waals surface area contributed by atoms with E-state index in [0.29, 0.717) is 30.2 Å². The van der Waals surface area contributed by atoms with Gasteiger partial charge < -0.3 is 14.4 Å². The van der Waals surface area contributed by atoms with Crippen molar-refractivity contribution in [2.75, 3.05) is 13.2 Å². The third-order valence-electron chi connectivity index (χ3n) is 5.10. The van der Waals surface area contributed by atoms with E-state index >= 15 is 0 Å². The van der Waals surface area contributed by atoms with Gasteiger partial charge in [-0.25, -0.2) is 0 Å². The number of ether oxygens (including phenoxy) is 2. The van der Waals surface area contributed by atoms with Crippen molar-refractivity contribution in [1.82, 2.24) is 9.88 Å². The smallest absolute Gasteiger partial charge is 0.254 e. The number of hydrogen-bond acceptors (Lipinski definition) is 4. The summed E-state index contributed by atoms with van der Waals surface area (Å²) in [7, 11) is 0. The van der Waals surface area contributed by atoms with Gasteiger partial charge in [0.2, 0.25) is 0 Å². The zero-order valence-electron chi connectivity index (χ0n) is 16.6. The number of amides is 1. The molecule has 0 radical (unpaired) electrons. The summed E-state index contributed by atoms with van der Waals surface area (Å²) in [5, 5.41) is 0. The molecule has 0 saturated carbocycles. The van der Waals surface area contributed by atoms with E-state index in [1.807, 2.05) is 73.3 Å². The minimum atomic E-state index is -0.382. The predicted molar refractivity (Wildman–Crippen MR) is 111 cm³/mol. The van der Waals surface area contributed by atoms with Gasteiger partial charge in [0.25, 0.3) is 5.91 Å². The van der Waals surface area contributed by atoms with E-state index in [-0.39, 0.29) is 17.6 Å². The molecule has 2 aromatic carbocycles. The molecular weight excluding hydrogens is 364 g/mol. The molecule has 1 aliphatic rings. The first-order valence-electron chi connectivity index (χ1n) is 9.69. The van der Waals surface area contributed by atoms with Crippen molar-refractivity contribution in [3.8, 4) is 11.5 Å². The van der Waals surface area contributed by atoms with Gasteiger partial charge in [-0.1, -0.05) is 30.3 Å². The summed E-state index contributed by atoms with van der Waals surface area (Å²) in [5.41, 5.74) is 1.33. The molecule has 0 N–H and O–H groups in total. The molecule has 1 atom stereocenters. The van der Waals surface area contributed by atoms with Gasteiger partial charge in [0.1, 0.15) is 17.6 Å². The average molecular weight is 388 g/mol. The molecule has 1 fully saturated rings. The third-order valence-corrected chi connectivity index (χ3v) is 5.10. The highest BCUT2D eigenvalue weighted by Gasteiger charge is 2.38. The number of rotatable bonds is 4. The molecule has 0 aliphatic carbocycles. The first-order valence-corrected chi connectivity index (χ1v) is 9.69. The number of carbonyl (C=O) groups is 1. The van der Waals surface area contributed by atoms with Crippen LogP contribution in [0.4, 0.5) is 0 Å². The topological polar surface area (TPSA) is 51.7 Å². The lowest BCUT2D eigenvalue weighted by molar-refractivity contribution is -0.0846. The fraction of sp³-hybridized carbons (Fsp3) is 0.250. The van der Waals surface area contributed by atoms with E-state index in [0.717, 1.165) is 5.56 Å². The van der Waals surface area contributed by atoms with Crippen molar-refractivity contribution in [2.24, 2.45) is 0 Å². The number of carbonyl (C=O) groups excluding carboxylic acids is 1. The molecule has 2 heterocycles. The van der Waals surface area contributed by atoms with Gasteiger partial charge in [0.05, 0.1) is 24.9 Å². The van der Waals surface area contributed by atoms with Crippen LogP contribution in [0.1, 0.15) is 35.9 Å². The van der Waals surface area contributed by atoms with Gasteiger partial charge >= 0.3 is 0 Å². The van der Waals surface area contributed by atoms with Crippen LogP contribution in [0, 0.1) is 0 Å². The van der Waals surface area contributed by atoms with Gasteiger partial charge in [-0.2, -0.15) is 0 Å². The lowest BCUT2D eigenvalue weighted by Gasteiger charge is -2.45. The molecule has 29 heavy (non-hydrogen) atoms. The van der Waals surface area contributed by atoms with Gasteiger partial charge in [0, 0.05) is 11.8 Å². The maximum absolute atomic E-state index is 13.3. The first kappa shape index (κ1) is 19.2. The van der Waals surface area contributed by atoms with Crippen molar-refractivity contribution < 1.29 is 14.3 Å². The fourth-order valence-corrected chi connectivity index (χ4v) is 3.44. The number of morpholine rings is 1. The van der Waals surface area contributed by atoms with E-state index in [1.165, 1.54) is 0 Å². The number of benzene rings is 2. The molecule has 4 rings (SSSR count). The van der Waals surface area contributed by atoms with Crippen LogP contribution < -0.4 is 4.74 Å². The Morgan fingerprint density at radius 1 is 1.03 bits per heavy atom. The van der Waals surface area contributed by atoms with E-state index < -0.39 is 0 Å². The van der Waals surface area contributed by atoms with Crippen LogP contribution in [-0.2, 0) is 4.74 Å². The molecule has 1 aliphatic heterocycles. The van der Waals surface area contributed by atoms with E-state index in [4.69, 9.17) is 9.47 Å². The maximum atomic E-state index is 13.3. The molecule has 1 aromatic heterocycles. The Morgan fingerprint density at radius 2 is 1.79 bits per heavy atom. The summed E-state index contributed by atoms with van der Waals surface area (Å²) in [6, 6.07) is 20.9. The Bertz CT molecular complexity index is 956. The number of aromatic nitrogens is 1. The van der Waals surface area contributed by atoms with Crippen LogP contribution in [0.25, 0.3) is 0 Å². The fourth-order valence-electron chi connectivity index (χ4n) is 3.44. The quantitative estimate of drug-likeness (QED) is 0.640. The highest BCUT2D eigenvalue weighted by Crippen LogP contribution is 2.32. The SMILES string of the molecule is CC1(C)CO[C@@H](c2ccccc2)CN1C(=O)c1ccc(Oc2cccnc2)cc1. The second-order valence-electron chi connectivity index (χ2n) is 7.75. The van der Waals surface area contributed by atoms with Gasteiger partial charge in [-0.3, -0.25) is 9.78 Å². The zero-order chi connectivity index (χ0) is 20.3. The van der Waals surface area contributed by atoms with E-state index in [2.05, 4.69) is 4.98 Å². The van der Waals surface area contributed by atoms with Crippen molar-refractivity contribution in [2.45, 2.75) is 25.5 Å². The Hall–Kier alpha value is -3.18. The largest absolute Gasteiger partial charge is 0.456 e. The highest BCUT2D eigenvalue weighted by atomic mass is 16.5.